The van der Waals surface area contributed by atoms with Crippen molar-refractivity contribution in [3.63, 3.8) is 0 Å². The van der Waals surface area contributed by atoms with E-state index >= 15 is 0 Å². The summed E-state index contributed by atoms with van der Waals surface area (Å²) in [6.07, 6.45) is 2.19. The Balaban J connectivity index is -0.000000616. The Kier molecular flexibility index (Phi) is 16.1. The van der Waals surface area contributed by atoms with Crippen LogP contribution in [0.2, 0.25) is 0 Å². The summed E-state index contributed by atoms with van der Waals surface area (Å²) in [5.41, 5.74) is 0.168. The second-order valence-electron chi connectivity index (χ2n) is 4.35. The SMILES string of the molecule is CC.CCCC(C)(C)CNCCS(=O)(=O)[O-].[Na+]. The van der Waals surface area contributed by atoms with Crippen LogP contribution in [0.15, 0.2) is 0 Å². The molecule has 0 saturated carbocycles. The van der Waals surface area contributed by atoms with Crippen LogP contribution < -0.4 is 34.9 Å². The Morgan fingerprint density at radius 3 is 2.06 bits per heavy atom. The van der Waals surface area contributed by atoms with Crippen molar-refractivity contribution in [3.8, 4) is 0 Å². The molecule has 4 nitrogen and oxygen atoms in total. The van der Waals surface area contributed by atoms with E-state index in [1.807, 2.05) is 13.8 Å². The van der Waals surface area contributed by atoms with Crippen LogP contribution in [-0.4, -0.2) is 31.8 Å². The van der Waals surface area contributed by atoms with E-state index < -0.39 is 10.1 Å². The van der Waals surface area contributed by atoms with Gasteiger partial charge >= 0.3 is 29.6 Å². The molecule has 0 aliphatic carbocycles. The maximum absolute atomic E-state index is 10.3. The van der Waals surface area contributed by atoms with Gasteiger partial charge in [-0.05, 0) is 11.8 Å². The molecule has 0 aliphatic rings. The first-order valence-corrected chi connectivity index (χ1v) is 7.49. The fraction of sp³-hybridized carbons (Fsp3) is 1.00. The third kappa shape index (κ3) is 19.4. The molecule has 0 aromatic rings. The number of nitrogens with one attached hydrogen (secondary N) is 1. The van der Waals surface area contributed by atoms with Gasteiger partial charge in [0.05, 0.1) is 15.9 Å². The summed E-state index contributed by atoms with van der Waals surface area (Å²) in [5, 5.41) is 2.99. The molecule has 0 aliphatic heterocycles. The second kappa shape index (κ2) is 11.9. The minimum absolute atomic E-state index is 0. The van der Waals surface area contributed by atoms with Crippen molar-refractivity contribution in [3.05, 3.63) is 0 Å². The van der Waals surface area contributed by atoms with Gasteiger partial charge in [0.25, 0.3) is 0 Å². The normalized spacial score (nSPS) is 11.2. The zero-order chi connectivity index (χ0) is 13.2. The van der Waals surface area contributed by atoms with Gasteiger partial charge in [-0.3, -0.25) is 0 Å². The Hall–Kier alpha value is 0.870. The van der Waals surface area contributed by atoms with E-state index in [9.17, 15) is 13.0 Å². The van der Waals surface area contributed by atoms with Gasteiger partial charge in [-0.15, -0.1) is 0 Å². The van der Waals surface area contributed by atoms with Gasteiger partial charge in [-0.1, -0.05) is 41.0 Å². The molecule has 0 heterocycles. The molecule has 1 N–H and O–H groups in total. The summed E-state index contributed by atoms with van der Waals surface area (Å²) in [6, 6.07) is 0. The van der Waals surface area contributed by atoms with E-state index in [-0.39, 0.29) is 47.3 Å². The molecule has 0 unspecified atom stereocenters. The summed E-state index contributed by atoms with van der Waals surface area (Å²) in [7, 11) is -4.07. The molecular weight excluding hydrogens is 249 g/mol. The van der Waals surface area contributed by atoms with Gasteiger partial charge in [-0.2, -0.15) is 0 Å². The summed E-state index contributed by atoms with van der Waals surface area (Å²) in [6.45, 7) is 11.4. The number of hydrogen-bond acceptors (Lipinski definition) is 4. The Morgan fingerprint density at radius 1 is 1.24 bits per heavy atom. The molecule has 6 heteroatoms. The zero-order valence-corrected chi connectivity index (χ0v) is 15.0. The van der Waals surface area contributed by atoms with Crippen LogP contribution in [0.3, 0.4) is 0 Å². The molecule has 0 rings (SSSR count). The fourth-order valence-electron chi connectivity index (χ4n) is 1.39. The van der Waals surface area contributed by atoms with E-state index in [1.54, 1.807) is 0 Å². The second-order valence-corrected chi connectivity index (χ2v) is 5.88. The van der Waals surface area contributed by atoms with Crippen molar-refractivity contribution in [1.29, 1.82) is 0 Å². The molecule has 0 amide bonds. The van der Waals surface area contributed by atoms with E-state index in [0.29, 0.717) is 0 Å². The van der Waals surface area contributed by atoms with Crippen molar-refractivity contribution in [1.82, 2.24) is 5.32 Å². The first-order valence-electron chi connectivity index (χ1n) is 5.91. The van der Waals surface area contributed by atoms with Gasteiger partial charge in [-0.25, -0.2) is 8.42 Å². The van der Waals surface area contributed by atoms with Gasteiger partial charge in [0, 0.05) is 13.1 Å². The summed E-state index contributed by atoms with van der Waals surface area (Å²) in [5.74, 6) is -0.324. The van der Waals surface area contributed by atoms with Crippen LogP contribution >= 0.6 is 0 Å². The summed E-state index contributed by atoms with van der Waals surface area (Å²) >= 11 is 0. The van der Waals surface area contributed by atoms with E-state index in [2.05, 4.69) is 26.1 Å². The minimum Gasteiger partial charge on any atom is -0.748 e. The van der Waals surface area contributed by atoms with E-state index in [1.165, 1.54) is 0 Å². The minimum atomic E-state index is -4.07. The molecule has 100 valence electrons. The third-order valence-corrected chi connectivity index (χ3v) is 2.76. The maximum Gasteiger partial charge on any atom is 1.00 e. The molecule has 0 saturated heterocycles. The predicted molar refractivity (Wildman–Crippen MR) is 67.5 cm³/mol. The van der Waals surface area contributed by atoms with Gasteiger partial charge in [0.1, 0.15) is 0 Å². The average Bonchev–Trinajstić information content (AvgIpc) is 2.14. The van der Waals surface area contributed by atoms with Crippen molar-refractivity contribution < 1.29 is 42.5 Å². The summed E-state index contributed by atoms with van der Waals surface area (Å²) < 4.78 is 30.9. The monoisotopic (exact) mass is 275 g/mol. The largest absolute Gasteiger partial charge is 1.00 e. The zero-order valence-electron chi connectivity index (χ0n) is 12.2. The third-order valence-electron chi connectivity index (χ3n) is 2.06. The van der Waals surface area contributed by atoms with Crippen LogP contribution in [-0.2, 0) is 10.1 Å². The fourth-order valence-corrected chi connectivity index (χ4v) is 1.78. The standard InChI is InChI=1S/C9H21NO3S.C2H6.Na/c1-4-5-9(2,3)8-10-6-7-14(11,12)13;1-2;/h10H,4-8H2,1-3H3,(H,11,12,13);1-2H3;/q;;+1/p-1. The molecule has 0 radical (unpaired) electrons. The summed E-state index contributed by atoms with van der Waals surface area (Å²) in [4.78, 5) is 0. The van der Waals surface area contributed by atoms with Crippen molar-refractivity contribution in [2.24, 2.45) is 5.41 Å². The number of hydrogen-bond donors (Lipinski definition) is 1. The molecule has 17 heavy (non-hydrogen) atoms. The van der Waals surface area contributed by atoms with Crippen LogP contribution in [0.5, 0.6) is 0 Å². The average molecular weight is 275 g/mol. The molecule has 0 bridgehead atoms. The predicted octanol–water partition coefficient (Wildman–Crippen LogP) is -1.02. The molecular formula is C11H26NNaO3S. The maximum atomic E-state index is 10.3. The molecule has 0 atom stereocenters. The van der Waals surface area contributed by atoms with Crippen LogP contribution in [0.1, 0.15) is 47.5 Å². The van der Waals surface area contributed by atoms with E-state index in [4.69, 9.17) is 0 Å². The molecule has 0 aromatic carbocycles. The van der Waals surface area contributed by atoms with Gasteiger partial charge in [0.2, 0.25) is 0 Å². The Labute approximate surface area is 129 Å². The number of rotatable bonds is 7. The topological polar surface area (TPSA) is 69.2 Å². The van der Waals surface area contributed by atoms with Crippen molar-refractivity contribution in [2.45, 2.75) is 47.5 Å². The quantitative estimate of drug-likeness (QED) is 0.367. The smallest absolute Gasteiger partial charge is 0.748 e. The molecule has 0 aromatic heterocycles. The Bertz CT molecular complexity index is 253. The molecule has 0 spiro atoms. The van der Waals surface area contributed by atoms with Crippen LogP contribution in [0.25, 0.3) is 0 Å². The van der Waals surface area contributed by atoms with Crippen molar-refractivity contribution in [2.75, 3.05) is 18.8 Å². The van der Waals surface area contributed by atoms with Crippen LogP contribution in [0.4, 0.5) is 0 Å². The molecule has 0 fully saturated rings. The van der Waals surface area contributed by atoms with Crippen molar-refractivity contribution >= 4 is 10.1 Å². The first kappa shape index (κ1) is 23.0. The Morgan fingerprint density at radius 2 is 1.71 bits per heavy atom. The van der Waals surface area contributed by atoms with Gasteiger partial charge in [0.15, 0.2) is 0 Å². The first-order chi connectivity index (χ1) is 7.27. The van der Waals surface area contributed by atoms with Crippen LogP contribution in [0, 0.1) is 5.41 Å². The van der Waals surface area contributed by atoms with E-state index in [0.717, 1.165) is 19.4 Å². The van der Waals surface area contributed by atoms with Gasteiger partial charge < -0.3 is 9.87 Å².